The predicted octanol–water partition coefficient (Wildman–Crippen LogP) is 2.76. The third-order valence-electron chi connectivity index (χ3n) is 4.54. The molecule has 5 heteroatoms. The van der Waals surface area contributed by atoms with Crippen molar-refractivity contribution in [3.63, 3.8) is 0 Å². The number of carbonyl (C=O) groups excluding carboxylic acids is 1. The molecule has 1 aromatic heterocycles. The Kier molecular flexibility index (Phi) is 6.86. The summed E-state index contributed by atoms with van der Waals surface area (Å²) in [5.74, 6) is 0.793. The summed E-state index contributed by atoms with van der Waals surface area (Å²) in [6.07, 6.45) is 4.17. The number of hydrogen-bond acceptors (Lipinski definition) is 4. The van der Waals surface area contributed by atoms with E-state index in [1.54, 1.807) is 11.3 Å². The van der Waals surface area contributed by atoms with Gasteiger partial charge in [0.25, 0.3) is 0 Å². The highest BCUT2D eigenvalue weighted by atomic mass is 32.1. The molecule has 1 aromatic rings. The second kappa shape index (κ2) is 8.65. The third kappa shape index (κ3) is 4.80. The van der Waals surface area contributed by atoms with E-state index < -0.39 is 0 Å². The number of amides is 1. The molecule has 2 unspecified atom stereocenters. The number of piperidine rings is 1. The smallest absolute Gasteiger partial charge is 0.236 e. The quantitative estimate of drug-likeness (QED) is 0.811. The number of nitrogens with zero attached hydrogens (tertiary/aromatic N) is 1. The topological polar surface area (TPSA) is 58.4 Å². The first-order valence-corrected chi connectivity index (χ1v) is 9.30. The Morgan fingerprint density at radius 3 is 2.82 bits per heavy atom. The Hall–Kier alpha value is -0.910. The van der Waals surface area contributed by atoms with Crippen LogP contribution in [0.3, 0.4) is 0 Å². The average Bonchev–Trinajstić information content (AvgIpc) is 3.03. The molecule has 2 atom stereocenters. The highest BCUT2D eigenvalue weighted by Gasteiger charge is 2.26. The Balaban J connectivity index is 1.95. The van der Waals surface area contributed by atoms with Gasteiger partial charge in [0.1, 0.15) is 0 Å². The fourth-order valence-corrected chi connectivity index (χ4v) is 3.86. The lowest BCUT2D eigenvalue weighted by Crippen LogP contribution is -2.46. The number of rotatable bonds is 7. The van der Waals surface area contributed by atoms with Gasteiger partial charge in [-0.05, 0) is 49.7 Å². The molecule has 0 radical (unpaired) electrons. The van der Waals surface area contributed by atoms with Crippen LogP contribution < -0.4 is 11.1 Å². The molecule has 0 aromatic carbocycles. The Morgan fingerprint density at radius 2 is 2.23 bits per heavy atom. The molecule has 0 saturated carbocycles. The van der Waals surface area contributed by atoms with Gasteiger partial charge in [-0.1, -0.05) is 26.3 Å². The maximum atomic E-state index is 12.1. The van der Waals surface area contributed by atoms with Crippen LogP contribution >= 0.6 is 11.3 Å². The molecule has 22 heavy (non-hydrogen) atoms. The first-order chi connectivity index (χ1) is 10.6. The van der Waals surface area contributed by atoms with Gasteiger partial charge in [-0.2, -0.15) is 0 Å². The Labute approximate surface area is 138 Å². The second-order valence-corrected chi connectivity index (χ2v) is 7.37. The van der Waals surface area contributed by atoms with Crippen molar-refractivity contribution >= 4 is 17.2 Å². The molecule has 124 valence electrons. The number of nitrogens with one attached hydrogen (secondary N) is 1. The van der Waals surface area contributed by atoms with Gasteiger partial charge in [-0.25, -0.2) is 0 Å². The van der Waals surface area contributed by atoms with Crippen molar-refractivity contribution < 1.29 is 4.79 Å². The molecule has 1 aliphatic rings. The third-order valence-corrected chi connectivity index (χ3v) is 5.51. The van der Waals surface area contributed by atoms with E-state index in [1.165, 1.54) is 17.7 Å². The van der Waals surface area contributed by atoms with Gasteiger partial charge in [0.15, 0.2) is 0 Å². The van der Waals surface area contributed by atoms with Gasteiger partial charge in [-0.3, -0.25) is 9.69 Å². The number of likely N-dealkylation sites (tertiary alicyclic amines) is 1. The molecular formula is C17H29N3OS. The van der Waals surface area contributed by atoms with Crippen LogP contribution in [0.4, 0.5) is 0 Å². The zero-order valence-electron chi connectivity index (χ0n) is 13.8. The number of carbonyl (C=O) groups is 1. The normalized spacial score (nSPS) is 19.8. The Bertz CT molecular complexity index is 441. The van der Waals surface area contributed by atoms with Crippen molar-refractivity contribution in [1.29, 1.82) is 0 Å². The van der Waals surface area contributed by atoms with Crippen LogP contribution in [0.5, 0.6) is 0 Å². The van der Waals surface area contributed by atoms with Gasteiger partial charge < -0.3 is 11.1 Å². The molecule has 4 nitrogen and oxygen atoms in total. The van der Waals surface area contributed by atoms with Crippen molar-refractivity contribution in [2.24, 2.45) is 11.7 Å². The zero-order chi connectivity index (χ0) is 15.9. The number of thiophene rings is 1. The molecule has 0 bridgehead atoms. The highest BCUT2D eigenvalue weighted by Crippen LogP contribution is 2.29. The van der Waals surface area contributed by atoms with Crippen LogP contribution in [0.25, 0.3) is 0 Å². The summed E-state index contributed by atoms with van der Waals surface area (Å²) < 4.78 is 0. The lowest BCUT2D eigenvalue weighted by Gasteiger charge is -2.36. The van der Waals surface area contributed by atoms with E-state index in [2.05, 4.69) is 41.6 Å². The van der Waals surface area contributed by atoms with E-state index in [0.717, 1.165) is 31.8 Å². The molecule has 0 aliphatic carbocycles. The zero-order valence-corrected chi connectivity index (χ0v) is 14.6. The lowest BCUT2D eigenvalue weighted by molar-refractivity contribution is -0.122. The van der Waals surface area contributed by atoms with Crippen LogP contribution in [0.1, 0.15) is 50.4 Å². The van der Waals surface area contributed by atoms with Gasteiger partial charge in [0, 0.05) is 11.4 Å². The van der Waals surface area contributed by atoms with Crippen molar-refractivity contribution in [3.05, 3.63) is 22.4 Å². The summed E-state index contributed by atoms with van der Waals surface area (Å²) in [6, 6.07) is 4.16. The summed E-state index contributed by atoms with van der Waals surface area (Å²) in [5.41, 5.74) is 5.91. The van der Waals surface area contributed by atoms with Gasteiger partial charge >= 0.3 is 0 Å². The van der Waals surface area contributed by atoms with E-state index in [1.807, 2.05) is 0 Å². The summed E-state index contributed by atoms with van der Waals surface area (Å²) in [7, 11) is 0. The molecular weight excluding hydrogens is 294 g/mol. The van der Waals surface area contributed by atoms with Crippen LogP contribution in [0, 0.1) is 5.92 Å². The van der Waals surface area contributed by atoms with Crippen molar-refractivity contribution in [1.82, 2.24) is 10.2 Å². The first kappa shape index (κ1) is 17.4. The SMILES string of the molecule is CCCC(N)C(=O)NCC(c1cccs1)N1CCC(C)CC1. The standard InChI is InChI=1S/C17H29N3OS/c1-3-5-14(18)17(21)19-12-15(16-6-4-11-22-16)20-9-7-13(2)8-10-20/h4,6,11,13-15H,3,5,7-10,12,18H2,1-2H3,(H,19,21). The van der Waals surface area contributed by atoms with Crippen molar-refractivity contribution in [3.8, 4) is 0 Å². The van der Waals surface area contributed by atoms with Gasteiger partial charge in [0.05, 0.1) is 12.1 Å². The predicted molar refractivity (Wildman–Crippen MR) is 92.9 cm³/mol. The molecule has 1 amide bonds. The largest absolute Gasteiger partial charge is 0.353 e. The lowest BCUT2D eigenvalue weighted by atomic mass is 9.97. The molecule has 2 heterocycles. The molecule has 0 spiro atoms. The minimum atomic E-state index is -0.379. The van der Waals surface area contributed by atoms with E-state index >= 15 is 0 Å². The van der Waals surface area contributed by atoms with E-state index in [0.29, 0.717) is 6.54 Å². The minimum Gasteiger partial charge on any atom is -0.353 e. The van der Waals surface area contributed by atoms with Crippen molar-refractivity contribution in [2.45, 2.75) is 51.6 Å². The summed E-state index contributed by atoms with van der Waals surface area (Å²) in [5, 5.41) is 5.18. The highest BCUT2D eigenvalue weighted by molar-refractivity contribution is 7.10. The monoisotopic (exact) mass is 323 g/mol. The van der Waals surface area contributed by atoms with E-state index in [9.17, 15) is 4.79 Å². The second-order valence-electron chi connectivity index (χ2n) is 6.39. The van der Waals surface area contributed by atoms with Crippen molar-refractivity contribution in [2.75, 3.05) is 19.6 Å². The maximum absolute atomic E-state index is 12.1. The van der Waals surface area contributed by atoms with Crippen LogP contribution in [-0.4, -0.2) is 36.5 Å². The van der Waals surface area contributed by atoms with Gasteiger partial charge in [-0.15, -0.1) is 11.3 Å². The Morgan fingerprint density at radius 1 is 1.50 bits per heavy atom. The van der Waals surface area contributed by atoms with E-state index in [-0.39, 0.29) is 18.0 Å². The molecule has 3 N–H and O–H groups in total. The van der Waals surface area contributed by atoms with Crippen LogP contribution in [0.2, 0.25) is 0 Å². The number of nitrogens with two attached hydrogens (primary N) is 1. The first-order valence-electron chi connectivity index (χ1n) is 8.42. The maximum Gasteiger partial charge on any atom is 0.236 e. The summed E-state index contributed by atoms with van der Waals surface area (Å²) in [6.45, 7) is 7.26. The summed E-state index contributed by atoms with van der Waals surface area (Å²) >= 11 is 1.77. The minimum absolute atomic E-state index is 0.0196. The van der Waals surface area contributed by atoms with Crippen LogP contribution in [-0.2, 0) is 4.79 Å². The summed E-state index contributed by atoms with van der Waals surface area (Å²) in [4.78, 5) is 15.9. The fourth-order valence-electron chi connectivity index (χ4n) is 3.00. The molecule has 1 saturated heterocycles. The molecule has 1 fully saturated rings. The fraction of sp³-hybridized carbons (Fsp3) is 0.706. The van der Waals surface area contributed by atoms with E-state index in [4.69, 9.17) is 5.73 Å². The van der Waals surface area contributed by atoms with Crippen LogP contribution in [0.15, 0.2) is 17.5 Å². The average molecular weight is 324 g/mol. The van der Waals surface area contributed by atoms with Gasteiger partial charge in [0.2, 0.25) is 5.91 Å². The molecule has 2 rings (SSSR count). The molecule has 1 aliphatic heterocycles. The number of hydrogen-bond donors (Lipinski definition) is 2.